The Balaban J connectivity index is 1.34. The van der Waals surface area contributed by atoms with Crippen molar-refractivity contribution in [2.24, 2.45) is 7.05 Å². The van der Waals surface area contributed by atoms with E-state index in [9.17, 15) is 9.59 Å². The van der Waals surface area contributed by atoms with Crippen molar-refractivity contribution >= 4 is 38.8 Å². The molecule has 1 aromatic carbocycles. The van der Waals surface area contributed by atoms with Gasteiger partial charge >= 0.3 is 0 Å². The molecular weight excluding hydrogens is 400 g/mol. The van der Waals surface area contributed by atoms with Crippen LogP contribution in [0.15, 0.2) is 40.5 Å². The third-order valence-corrected chi connectivity index (χ3v) is 6.67. The van der Waals surface area contributed by atoms with E-state index in [1.807, 2.05) is 40.1 Å². The SMILES string of the molecule is CC(=O)c1ccc(N2CCN(Cc3nnc4n(C)c(=O)c5sccc5n34)CC2)cc1. The number of benzene rings is 1. The van der Waals surface area contributed by atoms with Gasteiger partial charge in [0.25, 0.3) is 5.56 Å². The van der Waals surface area contributed by atoms with Crippen molar-refractivity contribution in [2.75, 3.05) is 31.1 Å². The number of Topliss-reactive ketones (excluding diaryl/α,β-unsaturated/α-hetero) is 1. The summed E-state index contributed by atoms with van der Waals surface area (Å²) in [4.78, 5) is 28.7. The molecule has 0 aliphatic carbocycles. The van der Waals surface area contributed by atoms with E-state index in [-0.39, 0.29) is 11.3 Å². The molecule has 154 valence electrons. The first-order valence-corrected chi connectivity index (χ1v) is 10.8. The molecule has 0 atom stereocenters. The Morgan fingerprint density at radius 3 is 2.50 bits per heavy atom. The topological polar surface area (TPSA) is 75.7 Å². The summed E-state index contributed by atoms with van der Waals surface area (Å²) >= 11 is 1.45. The maximum atomic E-state index is 12.5. The summed E-state index contributed by atoms with van der Waals surface area (Å²) in [6, 6.07) is 9.79. The monoisotopic (exact) mass is 422 g/mol. The van der Waals surface area contributed by atoms with Crippen LogP contribution in [-0.2, 0) is 13.6 Å². The highest BCUT2D eigenvalue weighted by molar-refractivity contribution is 7.17. The average Bonchev–Trinajstić information content (AvgIpc) is 3.40. The van der Waals surface area contributed by atoms with Crippen LogP contribution in [0.5, 0.6) is 0 Å². The number of carbonyl (C=O) groups is 1. The van der Waals surface area contributed by atoms with E-state index >= 15 is 0 Å². The molecule has 8 nitrogen and oxygen atoms in total. The van der Waals surface area contributed by atoms with Crippen molar-refractivity contribution < 1.29 is 4.79 Å². The Kier molecular flexibility index (Phi) is 4.63. The fourth-order valence-corrected chi connectivity index (χ4v) is 4.88. The second-order valence-electron chi connectivity index (χ2n) is 7.62. The second kappa shape index (κ2) is 7.33. The number of hydrogen-bond acceptors (Lipinski definition) is 7. The van der Waals surface area contributed by atoms with Crippen molar-refractivity contribution in [3.8, 4) is 0 Å². The minimum Gasteiger partial charge on any atom is -0.369 e. The van der Waals surface area contributed by atoms with Gasteiger partial charge in [0.15, 0.2) is 11.6 Å². The van der Waals surface area contributed by atoms with Crippen LogP contribution in [0, 0.1) is 0 Å². The summed E-state index contributed by atoms with van der Waals surface area (Å²) in [6.07, 6.45) is 0. The minimum absolute atomic E-state index is 0.0316. The number of rotatable bonds is 4. The molecule has 5 rings (SSSR count). The van der Waals surface area contributed by atoms with Crippen LogP contribution in [0.2, 0.25) is 0 Å². The number of carbonyl (C=O) groups excluding carboxylic acids is 1. The van der Waals surface area contributed by atoms with Crippen molar-refractivity contribution in [3.63, 3.8) is 0 Å². The van der Waals surface area contributed by atoms with Gasteiger partial charge in [0, 0.05) is 44.5 Å². The molecule has 1 fully saturated rings. The maximum Gasteiger partial charge on any atom is 0.272 e. The van der Waals surface area contributed by atoms with E-state index in [1.54, 1.807) is 18.5 Å². The Hall–Kier alpha value is -3.04. The Morgan fingerprint density at radius 2 is 1.80 bits per heavy atom. The number of hydrogen-bond donors (Lipinski definition) is 0. The van der Waals surface area contributed by atoms with Gasteiger partial charge in [0.2, 0.25) is 5.78 Å². The van der Waals surface area contributed by atoms with E-state index in [2.05, 4.69) is 20.0 Å². The van der Waals surface area contributed by atoms with Crippen LogP contribution < -0.4 is 10.5 Å². The Morgan fingerprint density at radius 1 is 1.07 bits per heavy atom. The van der Waals surface area contributed by atoms with Gasteiger partial charge in [-0.25, -0.2) is 0 Å². The molecule has 1 aliphatic rings. The van der Waals surface area contributed by atoms with Gasteiger partial charge in [-0.15, -0.1) is 21.5 Å². The summed E-state index contributed by atoms with van der Waals surface area (Å²) in [5.74, 6) is 1.51. The Labute approximate surface area is 177 Å². The Bertz CT molecular complexity index is 1300. The second-order valence-corrected chi connectivity index (χ2v) is 8.53. The lowest BCUT2D eigenvalue weighted by Gasteiger charge is -2.35. The molecule has 0 amide bonds. The fourth-order valence-electron chi connectivity index (χ4n) is 4.03. The van der Waals surface area contributed by atoms with E-state index in [0.29, 0.717) is 12.3 Å². The molecule has 0 unspecified atom stereocenters. The van der Waals surface area contributed by atoms with Crippen LogP contribution in [0.3, 0.4) is 0 Å². The number of piperazine rings is 1. The molecule has 9 heteroatoms. The molecule has 0 radical (unpaired) electrons. The quantitative estimate of drug-likeness (QED) is 0.469. The highest BCUT2D eigenvalue weighted by Crippen LogP contribution is 2.21. The van der Waals surface area contributed by atoms with Gasteiger partial charge in [0.1, 0.15) is 4.70 Å². The zero-order chi connectivity index (χ0) is 20.8. The zero-order valence-electron chi connectivity index (χ0n) is 16.9. The molecular formula is C21H22N6O2S. The molecule has 1 aliphatic heterocycles. The molecule has 4 aromatic rings. The van der Waals surface area contributed by atoms with Gasteiger partial charge in [-0.05, 0) is 42.6 Å². The van der Waals surface area contributed by atoms with Gasteiger partial charge in [0.05, 0.1) is 12.1 Å². The van der Waals surface area contributed by atoms with Crippen molar-refractivity contribution in [3.05, 3.63) is 57.5 Å². The summed E-state index contributed by atoms with van der Waals surface area (Å²) in [7, 11) is 1.74. The van der Waals surface area contributed by atoms with Crippen LogP contribution in [0.4, 0.5) is 5.69 Å². The highest BCUT2D eigenvalue weighted by atomic mass is 32.1. The molecule has 0 saturated carbocycles. The minimum atomic E-state index is -0.0316. The smallest absolute Gasteiger partial charge is 0.272 e. The number of thiophene rings is 1. The first-order chi connectivity index (χ1) is 14.5. The van der Waals surface area contributed by atoms with Gasteiger partial charge in [-0.2, -0.15) is 0 Å². The van der Waals surface area contributed by atoms with Crippen LogP contribution >= 0.6 is 11.3 Å². The van der Waals surface area contributed by atoms with Crippen LogP contribution in [0.25, 0.3) is 16.0 Å². The average molecular weight is 423 g/mol. The van der Waals surface area contributed by atoms with Crippen LogP contribution in [0.1, 0.15) is 23.1 Å². The van der Waals surface area contributed by atoms with Gasteiger partial charge in [-0.1, -0.05) is 0 Å². The summed E-state index contributed by atoms with van der Waals surface area (Å²) in [5, 5.41) is 10.6. The molecule has 4 heterocycles. The lowest BCUT2D eigenvalue weighted by atomic mass is 10.1. The third kappa shape index (κ3) is 3.10. The van der Waals surface area contributed by atoms with Crippen molar-refractivity contribution in [2.45, 2.75) is 13.5 Å². The molecule has 30 heavy (non-hydrogen) atoms. The molecule has 3 aromatic heterocycles. The normalized spacial score (nSPS) is 15.3. The van der Waals surface area contributed by atoms with Crippen molar-refractivity contribution in [1.29, 1.82) is 0 Å². The summed E-state index contributed by atoms with van der Waals surface area (Å²) < 4.78 is 4.29. The van der Waals surface area contributed by atoms with E-state index < -0.39 is 0 Å². The summed E-state index contributed by atoms with van der Waals surface area (Å²) in [5.41, 5.74) is 2.73. The number of aromatic nitrogens is 4. The van der Waals surface area contributed by atoms with E-state index in [0.717, 1.165) is 53.5 Å². The van der Waals surface area contributed by atoms with Gasteiger partial charge in [-0.3, -0.25) is 23.5 Å². The molecule has 0 N–H and O–H groups in total. The zero-order valence-corrected chi connectivity index (χ0v) is 17.7. The predicted octanol–water partition coefficient (Wildman–Crippen LogP) is 2.17. The number of nitrogens with zero attached hydrogens (tertiary/aromatic N) is 6. The lowest BCUT2D eigenvalue weighted by molar-refractivity contribution is 0.101. The third-order valence-electron chi connectivity index (χ3n) is 5.77. The largest absolute Gasteiger partial charge is 0.369 e. The van der Waals surface area contributed by atoms with Gasteiger partial charge < -0.3 is 4.90 Å². The molecule has 0 spiro atoms. The summed E-state index contributed by atoms with van der Waals surface area (Å²) in [6.45, 7) is 5.89. The predicted molar refractivity (Wildman–Crippen MR) is 118 cm³/mol. The van der Waals surface area contributed by atoms with E-state index in [4.69, 9.17) is 0 Å². The fraction of sp³-hybridized carbons (Fsp3) is 0.333. The highest BCUT2D eigenvalue weighted by Gasteiger charge is 2.21. The van der Waals surface area contributed by atoms with E-state index in [1.165, 1.54) is 11.3 Å². The van der Waals surface area contributed by atoms with Crippen molar-refractivity contribution in [1.82, 2.24) is 24.1 Å². The molecule has 1 saturated heterocycles. The standard InChI is InChI=1S/C21H22N6O2S/c1-14(28)15-3-5-16(6-4-15)26-10-8-25(9-11-26)13-18-22-23-21-24(2)20(29)19-17(27(18)21)7-12-30-19/h3-7,12H,8-11,13H2,1-2H3. The maximum absolute atomic E-state index is 12.5. The number of ketones is 1. The molecule has 0 bridgehead atoms. The first-order valence-electron chi connectivity index (χ1n) is 9.91. The number of aryl methyl sites for hydroxylation is 1. The lowest BCUT2D eigenvalue weighted by Crippen LogP contribution is -2.46. The van der Waals surface area contributed by atoms with Crippen LogP contribution in [-0.4, -0.2) is 56.0 Å². The number of fused-ring (bicyclic) bond motifs is 3. The number of anilines is 1. The first kappa shape index (κ1) is 19.0.